The van der Waals surface area contributed by atoms with Crippen LogP contribution < -0.4 is 5.32 Å². The lowest BCUT2D eigenvalue weighted by Crippen LogP contribution is -2.32. The number of hydrogen-bond donors (Lipinski definition) is 2. The molecule has 2 unspecified atom stereocenters. The van der Waals surface area contributed by atoms with Gasteiger partial charge in [-0.3, -0.25) is 0 Å². The number of benzene rings is 1. The smallest absolute Gasteiger partial charge is 0.0462 e. The van der Waals surface area contributed by atoms with E-state index in [2.05, 4.69) is 55.4 Å². The molecule has 106 valence electrons. The highest BCUT2D eigenvalue weighted by molar-refractivity contribution is 9.13. The summed E-state index contributed by atoms with van der Waals surface area (Å²) in [6.45, 7) is 2.25. The zero-order valence-electron chi connectivity index (χ0n) is 11.0. The molecule has 1 aromatic rings. The van der Waals surface area contributed by atoms with Gasteiger partial charge in [-0.1, -0.05) is 18.9 Å². The molecule has 0 amide bonds. The quantitative estimate of drug-likeness (QED) is 0.793. The lowest BCUT2D eigenvalue weighted by molar-refractivity contribution is 0.133. The van der Waals surface area contributed by atoms with Crippen molar-refractivity contribution in [2.75, 3.05) is 13.2 Å². The minimum absolute atomic E-state index is 0.343. The van der Waals surface area contributed by atoms with Gasteiger partial charge in [-0.15, -0.1) is 0 Å². The Morgan fingerprint density at radius 2 is 1.84 bits per heavy atom. The van der Waals surface area contributed by atoms with E-state index in [4.69, 9.17) is 0 Å². The maximum Gasteiger partial charge on any atom is 0.0462 e. The molecule has 0 saturated heterocycles. The van der Waals surface area contributed by atoms with Crippen molar-refractivity contribution in [3.8, 4) is 0 Å². The molecule has 2 nitrogen and oxygen atoms in total. The van der Waals surface area contributed by atoms with Crippen molar-refractivity contribution in [3.05, 3.63) is 32.7 Å². The van der Waals surface area contributed by atoms with Crippen LogP contribution in [0, 0.1) is 11.8 Å². The Labute approximate surface area is 132 Å². The zero-order valence-corrected chi connectivity index (χ0v) is 14.2. The number of nitrogens with one attached hydrogen (secondary N) is 1. The lowest BCUT2D eigenvalue weighted by Gasteiger charge is -2.30. The average molecular weight is 391 g/mol. The van der Waals surface area contributed by atoms with E-state index < -0.39 is 0 Å². The normalized spacial score (nSPS) is 23.5. The molecule has 19 heavy (non-hydrogen) atoms. The molecule has 1 aliphatic carbocycles. The molecule has 1 aliphatic rings. The van der Waals surface area contributed by atoms with E-state index in [1.807, 2.05) is 0 Å². The molecule has 2 N–H and O–H groups in total. The van der Waals surface area contributed by atoms with E-state index >= 15 is 0 Å². The predicted molar refractivity (Wildman–Crippen MR) is 86.1 cm³/mol. The van der Waals surface area contributed by atoms with E-state index in [-0.39, 0.29) is 0 Å². The molecule has 0 aromatic heterocycles. The first-order chi connectivity index (χ1) is 9.20. The summed E-state index contributed by atoms with van der Waals surface area (Å²) in [6.07, 6.45) is 5.03. The van der Waals surface area contributed by atoms with Crippen molar-refractivity contribution < 1.29 is 5.11 Å². The highest BCUT2D eigenvalue weighted by Crippen LogP contribution is 2.29. The minimum atomic E-state index is 0.343. The second-order valence-corrected chi connectivity index (χ2v) is 7.08. The standard InChI is InChI=1S/C15H21Br2NO/c16-14-6-5-11(7-15(14)17)8-18-9-12-3-1-2-4-13(12)10-19/h5-7,12-13,18-19H,1-4,8-10H2. The monoisotopic (exact) mass is 389 g/mol. The third kappa shape index (κ3) is 4.55. The molecular formula is C15H21Br2NO. The topological polar surface area (TPSA) is 32.3 Å². The van der Waals surface area contributed by atoms with Gasteiger partial charge in [0.2, 0.25) is 0 Å². The molecule has 0 aliphatic heterocycles. The molecule has 0 heterocycles. The van der Waals surface area contributed by atoms with E-state index in [1.54, 1.807) is 0 Å². The Morgan fingerprint density at radius 3 is 2.53 bits per heavy atom. The summed E-state index contributed by atoms with van der Waals surface area (Å²) in [6, 6.07) is 6.34. The number of halogens is 2. The minimum Gasteiger partial charge on any atom is -0.396 e. The van der Waals surface area contributed by atoms with Crippen LogP contribution in [-0.2, 0) is 6.54 Å². The maximum absolute atomic E-state index is 9.41. The van der Waals surface area contributed by atoms with Gasteiger partial charge in [0.1, 0.15) is 0 Å². The second kappa shape index (κ2) is 7.77. The van der Waals surface area contributed by atoms with Gasteiger partial charge in [-0.2, -0.15) is 0 Å². The molecule has 0 spiro atoms. The van der Waals surface area contributed by atoms with Gasteiger partial charge in [-0.25, -0.2) is 0 Å². The van der Waals surface area contributed by atoms with Gasteiger partial charge in [-0.05, 0) is 80.8 Å². The fourth-order valence-corrected chi connectivity index (χ4v) is 3.52. The molecule has 2 rings (SSSR count). The lowest BCUT2D eigenvalue weighted by atomic mass is 9.79. The van der Waals surface area contributed by atoms with Crippen LogP contribution in [0.5, 0.6) is 0 Å². The van der Waals surface area contributed by atoms with Crippen LogP contribution in [0.15, 0.2) is 27.1 Å². The number of aliphatic hydroxyl groups excluding tert-OH is 1. The molecule has 0 radical (unpaired) electrons. The van der Waals surface area contributed by atoms with Crippen molar-refractivity contribution in [1.29, 1.82) is 0 Å². The summed E-state index contributed by atoms with van der Waals surface area (Å²) < 4.78 is 2.18. The largest absolute Gasteiger partial charge is 0.396 e. The first-order valence-electron chi connectivity index (χ1n) is 6.96. The average Bonchev–Trinajstić information content (AvgIpc) is 2.43. The van der Waals surface area contributed by atoms with Crippen molar-refractivity contribution in [1.82, 2.24) is 5.32 Å². The van der Waals surface area contributed by atoms with Crippen LogP contribution in [-0.4, -0.2) is 18.3 Å². The molecule has 4 heteroatoms. The fraction of sp³-hybridized carbons (Fsp3) is 0.600. The van der Waals surface area contributed by atoms with E-state index in [9.17, 15) is 5.11 Å². The Hall–Kier alpha value is 0.1000. The van der Waals surface area contributed by atoms with Gasteiger partial charge in [0.25, 0.3) is 0 Å². The summed E-state index contributed by atoms with van der Waals surface area (Å²) in [5, 5.41) is 12.9. The molecular weight excluding hydrogens is 370 g/mol. The second-order valence-electron chi connectivity index (χ2n) is 5.37. The summed E-state index contributed by atoms with van der Waals surface area (Å²) in [5.74, 6) is 1.13. The van der Waals surface area contributed by atoms with Crippen molar-refractivity contribution in [2.24, 2.45) is 11.8 Å². The summed E-state index contributed by atoms with van der Waals surface area (Å²) in [4.78, 5) is 0. The van der Waals surface area contributed by atoms with Crippen LogP contribution in [0.25, 0.3) is 0 Å². The highest BCUT2D eigenvalue weighted by atomic mass is 79.9. The first-order valence-corrected chi connectivity index (χ1v) is 8.55. The van der Waals surface area contributed by atoms with Gasteiger partial charge in [0.05, 0.1) is 0 Å². The highest BCUT2D eigenvalue weighted by Gasteiger charge is 2.23. The Morgan fingerprint density at radius 1 is 1.11 bits per heavy atom. The Kier molecular flexibility index (Phi) is 6.33. The number of hydrogen-bond acceptors (Lipinski definition) is 2. The van der Waals surface area contributed by atoms with Crippen LogP contribution in [0.4, 0.5) is 0 Å². The van der Waals surface area contributed by atoms with Crippen molar-refractivity contribution >= 4 is 31.9 Å². The third-order valence-corrected chi connectivity index (χ3v) is 5.90. The Balaban J connectivity index is 1.80. The molecule has 1 fully saturated rings. The van der Waals surface area contributed by atoms with Crippen LogP contribution in [0.2, 0.25) is 0 Å². The maximum atomic E-state index is 9.41. The van der Waals surface area contributed by atoms with Crippen LogP contribution in [0.1, 0.15) is 31.2 Å². The summed E-state index contributed by atoms with van der Waals surface area (Å²) in [5.41, 5.74) is 1.28. The SMILES string of the molecule is OCC1CCCCC1CNCc1ccc(Br)c(Br)c1. The van der Waals surface area contributed by atoms with E-state index in [1.165, 1.54) is 31.2 Å². The van der Waals surface area contributed by atoms with Crippen molar-refractivity contribution in [3.63, 3.8) is 0 Å². The van der Waals surface area contributed by atoms with Gasteiger partial charge >= 0.3 is 0 Å². The molecule has 2 atom stereocenters. The van der Waals surface area contributed by atoms with Crippen LogP contribution >= 0.6 is 31.9 Å². The molecule has 1 aromatic carbocycles. The third-order valence-electron chi connectivity index (χ3n) is 4.02. The summed E-state index contributed by atoms with van der Waals surface area (Å²) >= 11 is 7.01. The first kappa shape index (κ1) is 15.5. The number of rotatable bonds is 5. The predicted octanol–water partition coefficient (Wildman–Crippen LogP) is 4.10. The fourth-order valence-electron chi connectivity index (χ4n) is 2.85. The molecule has 1 saturated carbocycles. The molecule has 0 bridgehead atoms. The zero-order chi connectivity index (χ0) is 13.7. The van der Waals surface area contributed by atoms with Gasteiger partial charge in [0.15, 0.2) is 0 Å². The van der Waals surface area contributed by atoms with Gasteiger partial charge in [0, 0.05) is 22.1 Å². The van der Waals surface area contributed by atoms with E-state index in [0.29, 0.717) is 18.4 Å². The van der Waals surface area contributed by atoms with Crippen molar-refractivity contribution in [2.45, 2.75) is 32.2 Å². The van der Waals surface area contributed by atoms with Crippen LogP contribution in [0.3, 0.4) is 0 Å². The Bertz CT molecular complexity index is 411. The number of aliphatic hydroxyl groups is 1. The van der Waals surface area contributed by atoms with E-state index in [0.717, 1.165) is 22.0 Å². The van der Waals surface area contributed by atoms with Gasteiger partial charge < -0.3 is 10.4 Å². The summed E-state index contributed by atoms with van der Waals surface area (Å²) in [7, 11) is 0.